The van der Waals surface area contributed by atoms with Crippen LogP contribution in [-0.2, 0) is 4.74 Å². The third kappa shape index (κ3) is 6.64. The highest BCUT2D eigenvalue weighted by Crippen LogP contribution is 2.23. The van der Waals surface area contributed by atoms with Crippen LogP contribution < -0.4 is 5.32 Å². The molecule has 0 aromatic heterocycles. The van der Waals surface area contributed by atoms with Crippen molar-refractivity contribution < 1.29 is 9.53 Å². The van der Waals surface area contributed by atoms with Gasteiger partial charge < -0.3 is 10.1 Å². The molecule has 0 unspecified atom stereocenters. The summed E-state index contributed by atoms with van der Waals surface area (Å²) in [5.41, 5.74) is 0.525. The Balaban J connectivity index is 2.42. The van der Waals surface area contributed by atoms with Gasteiger partial charge in [-0.25, -0.2) is 4.79 Å². The first-order valence-corrected chi connectivity index (χ1v) is 7.03. The lowest BCUT2D eigenvalue weighted by molar-refractivity contribution is 0.0534. The topological polar surface area (TPSA) is 38.3 Å². The highest BCUT2D eigenvalue weighted by Gasteiger charge is 2.14. The van der Waals surface area contributed by atoms with Gasteiger partial charge in [-0.05, 0) is 54.4 Å². The Hall–Kier alpha value is -1.000. The molecule has 1 amide bonds. The van der Waals surface area contributed by atoms with Gasteiger partial charge in [-0.1, -0.05) is 29.8 Å². The van der Waals surface area contributed by atoms with Crippen molar-refractivity contribution in [2.24, 2.45) is 0 Å². The summed E-state index contributed by atoms with van der Waals surface area (Å²) < 4.78 is 5.96. The molecule has 0 atom stereocenters. The number of rotatable bonds is 3. The van der Waals surface area contributed by atoms with E-state index in [0.29, 0.717) is 11.6 Å². The van der Waals surface area contributed by atoms with Crippen LogP contribution in [0.25, 0.3) is 6.08 Å². The highest BCUT2D eigenvalue weighted by molar-refractivity contribution is 9.10. The average Bonchev–Trinajstić information content (AvgIpc) is 2.27. The zero-order valence-corrected chi connectivity index (χ0v) is 13.5. The van der Waals surface area contributed by atoms with Crippen molar-refractivity contribution in [3.63, 3.8) is 0 Å². The van der Waals surface area contributed by atoms with Crippen LogP contribution in [0.1, 0.15) is 26.3 Å². The van der Waals surface area contributed by atoms with Crippen LogP contribution in [0.3, 0.4) is 0 Å². The number of hydrogen-bond acceptors (Lipinski definition) is 2. The molecule has 0 bridgehead atoms. The Morgan fingerprint density at radius 3 is 2.74 bits per heavy atom. The second-order valence-corrected chi connectivity index (χ2v) is 6.22. The fraction of sp³-hybridized carbons (Fsp3) is 0.357. The summed E-state index contributed by atoms with van der Waals surface area (Å²) in [5, 5.41) is 3.32. The number of nitrogens with one attached hydrogen (secondary N) is 1. The molecular weight excluding hydrogens is 330 g/mol. The van der Waals surface area contributed by atoms with Crippen LogP contribution in [0, 0.1) is 0 Å². The first kappa shape index (κ1) is 16.1. The minimum Gasteiger partial charge on any atom is -0.444 e. The summed E-state index contributed by atoms with van der Waals surface area (Å²) in [6.45, 7) is 5.89. The molecule has 1 aromatic rings. The van der Waals surface area contributed by atoms with Crippen LogP contribution in [0.5, 0.6) is 0 Å². The first-order chi connectivity index (χ1) is 8.78. The minimum atomic E-state index is -0.477. The molecule has 0 saturated carbocycles. The van der Waals surface area contributed by atoms with E-state index in [1.165, 1.54) is 0 Å². The summed E-state index contributed by atoms with van der Waals surface area (Å²) >= 11 is 9.26. The van der Waals surface area contributed by atoms with Crippen molar-refractivity contribution in [3.05, 3.63) is 39.3 Å². The molecule has 0 spiro atoms. The maximum absolute atomic E-state index is 11.4. The van der Waals surface area contributed by atoms with E-state index in [0.717, 1.165) is 10.0 Å². The summed E-state index contributed by atoms with van der Waals surface area (Å²) in [5.74, 6) is 0. The number of alkyl carbamates (subject to hydrolysis) is 1. The van der Waals surface area contributed by atoms with Gasteiger partial charge in [-0.2, -0.15) is 0 Å². The van der Waals surface area contributed by atoms with E-state index in [-0.39, 0.29) is 0 Å². The van der Waals surface area contributed by atoms with E-state index in [4.69, 9.17) is 16.3 Å². The SMILES string of the molecule is CC(C)(C)OC(=O)NCC=Cc1ccc(Cl)c(Br)c1. The number of benzene rings is 1. The maximum Gasteiger partial charge on any atom is 0.407 e. The van der Waals surface area contributed by atoms with Gasteiger partial charge in [0.1, 0.15) is 5.60 Å². The molecule has 0 aliphatic carbocycles. The van der Waals surface area contributed by atoms with Crippen molar-refractivity contribution in [2.45, 2.75) is 26.4 Å². The van der Waals surface area contributed by atoms with Crippen molar-refractivity contribution in [1.29, 1.82) is 0 Å². The molecule has 5 heteroatoms. The van der Waals surface area contributed by atoms with Gasteiger partial charge in [0.05, 0.1) is 5.02 Å². The predicted octanol–water partition coefficient (Wildman–Crippen LogP) is 4.64. The number of carbonyl (C=O) groups excluding carboxylic acids is 1. The van der Waals surface area contributed by atoms with Gasteiger partial charge in [0.2, 0.25) is 0 Å². The number of carbonyl (C=O) groups is 1. The third-order valence-corrected chi connectivity index (χ3v) is 3.23. The Bertz CT molecular complexity index is 481. The molecule has 3 nitrogen and oxygen atoms in total. The predicted molar refractivity (Wildman–Crippen MR) is 82.4 cm³/mol. The molecule has 104 valence electrons. The monoisotopic (exact) mass is 345 g/mol. The van der Waals surface area contributed by atoms with Gasteiger partial charge in [0.15, 0.2) is 0 Å². The van der Waals surface area contributed by atoms with Crippen molar-refractivity contribution in [3.8, 4) is 0 Å². The van der Waals surface area contributed by atoms with E-state index in [9.17, 15) is 4.79 Å². The fourth-order valence-corrected chi connectivity index (χ4v) is 1.78. The molecular formula is C14H17BrClNO2. The Morgan fingerprint density at radius 2 is 2.16 bits per heavy atom. The van der Waals surface area contributed by atoms with Gasteiger partial charge in [0, 0.05) is 11.0 Å². The third-order valence-electron chi connectivity index (χ3n) is 2.02. The molecule has 0 saturated heterocycles. The van der Waals surface area contributed by atoms with Gasteiger partial charge in [-0.15, -0.1) is 0 Å². The lowest BCUT2D eigenvalue weighted by Crippen LogP contribution is -2.32. The van der Waals surface area contributed by atoms with Crippen LogP contribution in [0.4, 0.5) is 4.79 Å². The molecule has 19 heavy (non-hydrogen) atoms. The Labute approximate surface area is 127 Å². The van der Waals surface area contributed by atoms with Crippen LogP contribution >= 0.6 is 27.5 Å². The number of amides is 1. The molecule has 1 rings (SSSR count). The normalized spacial score (nSPS) is 11.6. The molecule has 0 aliphatic rings. The number of ether oxygens (including phenoxy) is 1. The van der Waals surface area contributed by atoms with E-state index < -0.39 is 11.7 Å². The van der Waals surface area contributed by atoms with Crippen LogP contribution in [0.15, 0.2) is 28.7 Å². The first-order valence-electron chi connectivity index (χ1n) is 5.86. The second-order valence-electron chi connectivity index (χ2n) is 4.96. The molecule has 1 aromatic carbocycles. The van der Waals surface area contributed by atoms with E-state index in [2.05, 4.69) is 21.2 Å². The molecule has 0 aliphatic heterocycles. The largest absolute Gasteiger partial charge is 0.444 e. The summed E-state index contributed by atoms with van der Waals surface area (Å²) in [4.78, 5) is 11.4. The molecule has 1 N–H and O–H groups in total. The van der Waals surface area contributed by atoms with Crippen molar-refractivity contribution >= 4 is 39.7 Å². The zero-order chi connectivity index (χ0) is 14.5. The van der Waals surface area contributed by atoms with Crippen molar-refractivity contribution in [2.75, 3.05) is 6.54 Å². The fourth-order valence-electron chi connectivity index (χ4n) is 1.27. The summed E-state index contributed by atoms with van der Waals surface area (Å²) in [7, 11) is 0. The standard InChI is InChI=1S/C14H17BrClNO2/c1-14(2,3)19-13(18)17-8-4-5-10-6-7-12(16)11(15)9-10/h4-7,9H,8H2,1-3H3,(H,17,18). The van der Waals surface area contributed by atoms with Gasteiger partial charge in [-0.3, -0.25) is 0 Å². The van der Waals surface area contributed by atoms with E-state index >= 15 is 0 Å². The molecule has 0 fully saturated rings. The quantitative estimate of drug-likeness (QED) is 0.866. The zero-order valence-electron chi connectivity index (χ0n) is 11.2. The lowest BCUT2D eigenvalue weighted by atomic mass is 10.2. The van der Waals surface area contributed by atoms with Crippen LogP contribution in [0.2, 0.25) is 5.02 Å². The van der Waals surface area contributed by atoms with Crippen LogP contribution in [-0.4, -0.2) is 18.2 Å². The van der Waals surface area contributed by atoms with Crippen molar-refractivity contribution in [1.82, 2.24) is 5.32 Å². The summed E-state index contributed by atoms with van der Waals surface area (Å²) in [6, 6.07) is 5.62. The van der Waals surface area contributed by atoms with Gasteiger partial charge in [0.25, 0.3) is 0 Å². The Kier molecular flexibility index (Phi) is 5.88. The smallest absolute Gasteiger partial charge is 0.407 e. The van der Waals surface area contributed by atoms with Gasteiger partial charge >= 0.3 is 6.09 Å². The summed E-state index contributed by atoms with van der Waals surface area (Å²) in [6.07, 6.45) is 3.33. The maximum atomic E-state index is 11.4. The second kappa shape index (κ2) is 6.96. The molecule has 0 radical (unpaired) electrons. The Morgan fingerprint density at radius 1 is 1.47 bits per heavy atom. The average molecular weight is 347 g/mol. The number of hydrogen-bond donors (Lipinski definition) is 1. The van der Waals surface area contributed by atoms with E-state index in [1.54, 1.807) is 0 Å². The minimum absolute atomic E-state index is 0.412. The molecule has 0 heterocycles. The lowest BCUT2D eigenvalue weighted by Gasteiger charge is -2.19. The number of halogens is 2. The highest BCUT2D eigenvalue weighted by atomic mass is 79.9. The van der Waals surface area contributed by atoms with E-state index in [1.807, 2.05) is 51.1 Å².